The lowest BCUT2D eigenvalue weighted by molar-refractivity contribution is 0.110. The number of furan rings is 1. The second kappa shape index (κ2) is 6.62. The van der Waals surface area contributed by atoms with Gasteiger partial charge in [0, 0.05) is 17.6 Å². The minimum Gasteiger partial charge on any atom is -0.467 e. The standard InChI is InChI=1S/C14H23NO2/c1-5-6-7-16-11-13-8-12(10-17-13)9-15-14(2,3)4/h5,8,10,15H,1,6-7,9,11H2,2-4H3. The van der Waals surface area contributed by atoms with Crippen LogP contribution in [0.1, 0.15) is 38.5 Å². The fourth-order valence-electron chi connectivity index (χ4n) is 1.30. The molecule has 3 nitrogen and oxygen atoms in total. The van der Waals surface area contributed by atoms with Gasteiger partial charge in [-0.15, -0.1) is 6.58 Å². The molecular weight excluding hydrogens is 214 g/mol. The lowest BCUT2D eigenvalue weighted by Crippen LogP contribution is -2.34. The van der Waals surface area contributed by atoms with Crippen LogP contribution in [0.4, 0.5) is 0 Å². The molecule has 1 heterocycles. The highest BCUT2D eigenvalue weighted by atomic mass is 16.5. The second-order valence-corrected chi connectivity index (χ2v) is 5.15. The summed E-state index contributed by atoms with van der Waals surface area (Å²) in [6.07, 6.45) is 4.50. The SMILES string of the molecule is C=CCCOCc1cc(CNC(C)(C)C)co1. The van der Waals surface area contributed by atoms with Gasteiger partial charge in [-0.2, -0.15) is 0 Å². The third-order valence-corrected chi connectivity index (χ3v) is 2.24. The van der Waals surface area contributed by atoms with E-state index in [1.807, 2.05) is 12.1 Å². The zero-order chi connectivity index (χ0) is 12.7. The largest absolute Gasteiger partial charge is 0.467 e. The summed E-state index contributed by atoms with van der Waals surface area (Å²) in [5, 5.41) is 3.41. The van der Waals surface area contributed by atoms with Crippen LogP contribution in [-0.2, 0) is 17.9 Å². The predicted molar refractivity (Wildman–Crippen MR) is 69.8 cm³/mol. The first-order valence-corrected chi connectivity index (χ1v) is 6.01. The molecule has 1 N–H and O–H groups in total. The molecule has 0 spiro atoms. The molecule has 1 rings (SSSR count). The molecule has 0 aromatic carbocycles. The van der Waals surface area contributed by atoms with E-state index in [0.29, 0.717) is 13.2 Å². The van der Waals surface area contributed by atoms with Crippen LogP contribution in [0, 0.1) is 0 Å². The Bertz CT molecular complexity index is 336. The van der Waals surface area contributed by atoms with Crippen molar-refractivity contribution in [3.05, 3.63) is 36.3 Å². The average molecular weight is 237 g/mol. The van der Waals surface area contributed by atoms with Crippen LogP contribution in [0.2, 0.25) is 0 Å². The maximum atomic E-state index is 5.43. The van der Waals surface area contributed by atoms with Crippen molar-refractivity contribution < 1.29 is 9.15 Å². The van der Waals surface area contributed by atoms with Crippen molar-refractivity contribution >= 4 is 0 Å². The van der Waals surface area contributed by atoms with Crippen LogP contribution >= 0.6 is 0 Å². The van der Waals surface area contributed by atoms with E-state index in [9.17, 15) is 0 Å². The molecule has 0 aliphatic carbocycles. The van der Waals surface area contributed by atoms with Crippen LogP contribution in [0.15, 0.2) is 29.4 Å². The summed E-state index contributed by atoms with van der Waals surface area (Å²) in [6, 6.07) is 2.03. The highest BCUT2D eigenvalue weighted by Crippen LogP contribution is 2.10. The third kappa shape index (κ3) is 6.29. The molecule has 0 atom stereocenters. The first kappa shape index (κ1) is 14.0. The summed E-state index contributed by atoms with van der Waals surface area (Å²) in [6.45, 7) is 12.1. The number of hydrogen-bond donors (Lipinski definition) is 1. The minimum absolute atomic E-state index is 0.123. The van der Waals surface area contributed by atoms with E-state index in [-0.39, 0.29) is 5.54 Å². The topological polar surface area (TPSA) is 34.4 Å². The lowest BCUT2D eigenvalue weighted by atomic mass is 10.1. The maximum absolute atomic E-state index is 5.43. The van der Waals surface area contributed by atoms with Gasteiger partial charge in [0.05, 0.1) is 12.9 Å². The molecule has 0 aliphatic rings. The molecule has 17 heavy (non-hydrogen) atoms. The van der Waals surface area contributed by atoms with Gasteiger partial charge >= 0.3 is 0 Å². The van der Waals surface area contributed by atoms with Crippen LogP contribution in [0.5, 0.6) is 0 Å². The van der Waals surface area contributed by atoms with Crippen molar-refractivity contribution in [1.29, 1.82) is 0 Å². The number of ether oxygens (including phenoxy) is 1. The third-order valence-electron chi connectivity index (χ3n) is 2.24. The van der Waals surface area contributed by atoms with Gasteiger partial charge in [0.25, 0.3) is 0 Å². The number of hydrogen-bond acceptors (Lipinski definition) is 3. The van der Waals surface area contributed by atoms with Crippen molar-refractivity contribution in [2.24, 2.45) is 0 Å². The fourth-order valence-corrected chi connectivity index (χ4v) is 1.30. The molecule has 0 radical (unpaired) electrons. The Morgan fingerprint density at radius 3 is 2.88 bits per heavy atom. The Kier molecular flexibility index (Phi) is 5.45. The zero-order valence-electron chi connectivity index (χ0n) is 11.1. The maximum Gasteiger partial charge on any atom is 0.129 e. The van der Waals surface area contributed by atoms with Crippen molar-refractivity contribution in [3.8, 4) is 0 Å². The highest BCUT2D eigenvalue weighted by molar-refractivity contribution is 5.12. The smallest absolute Gasteiger partial charge is 0.129 e. The molecule has 0 aliphatic heterocycles. The Morgan fingerprint density at radius 2 is 2.24 bits per heavy atom. The molecule has 0 fully saturated rings. The highest BCUT2D eigenvalue weighted by Gasteiger charge is 2.09. The van der Waals surface area contributed by atoms with Crippen molar-refractivity contribution in [2.75, 3.05) is 6.61 Å². The van der Waals surface area contributed by atoms with Gasteiger partial charge in [0.1, 0.15) is 12.4 Å². The predicted octanol–water partition coefficient (Wildman–Crippen LogP) is 3.26. The number of rotatable bonds is 7. The monoisotopic (exact) mass is 237 g/mol. The normalized spacial score (nSPS) is 11.7. The van der Waals surface area contributed by atoms with Crippen LogP contribution in [0.25, 0.3) is 0 Å². The van der Waals surface area contributed by atoms with Crippen molar-refractivity contribution in [2.45, 2.75) is 45.9 Å². The van der Waals surface area contributed by atoms with Crippen LogP contribution in [-0.4, -0.2) is 12.1 Å². The molecule has 96 valence electrons. The summed E-state index contributed by atoms with van der Waals surface area (Å²) >= 11 is 0. The minimum atomic E-state index is 0.123. The van der Waals surface area contributed by atoms with Gasteiger partial charge in [-0.05, 0) is 33.3 Å². The Balaban J connectivity index is 2.30. The van der Waals surface area contributed by atoms with Gasteiger partial charge < -0.3 is 14.5 Å². The average Bonchev–Trinajstić information content (AvgIpc) is 2.69. The molecule has 0 amide bonds. The van der Waals surface area contributed by atoms with E-state index in [2.05, 4.69) is 32.7 Å². The van der Waals surface area contributed by atoms with Gasteiger partial charge in [-0.25, -0.2) is 0 Å². The second-order valence-electron chi connectivity index (χ2n) is 5.15. The van der Waals surface area contributed by atoms with E-state index < -0.39 is 0 Å². The van der Waals surface area contributed by atoms with Crippen LogP contribution in [0.3, 0.4) is 0 Å². The summed E-state index contributed by atoms with van der Waals surface area (Å²) in [5.41, 5.74) is 1.28. The van der Waals surface area contributed by atoms with Crippen molar-refractivity contribution in [3.63, 3.8) is 0 Å². The van der Waals surface area contributed by atoms with E-state index in [0.717, 1.165) is 24.3 Å². The van der Waals surface area contributed by atoms with Gasteiger partial charge in [0.2, 0.25) is 0 Å². The molecule has 3 heteroatoms. The van der Waals surface area contributed by atoms with E-state index >= 15 is 0 Å². The zero-order valence-corrected chi connectivity index (χ0v) is 11.1. The molecule has 0 unspecified atom stereocenters. The van der Waals surface area contributed by atoms with Gasteiger partial charge in [-0.3, -0.25) is 0 Å². The molecule has 0 bridgehead atoms. The van der Waals surface area contributed by atoms with Crippen LogP contribution < -0.4 is 5.32 Å². The molecule has 1 aromatic rings. The lowest BCUT2D eigenvalue weighted by Gasteiger charge is -2.19. The summed E-state index contributed by atoms with van der Waals surface area (Å²) < 4.78 is 10.9. The molecule has 1 aromatic heterocycles. The Labute approximate surface area is 104 Å². The van der Waals surface area contributed by atoms with Gasteiger partial charge in [-0.1, -0.05) is 6.08 Å². The van der Waals surface area contributed by atoms with E-state index in [1.165, 1.54) is 0 Å². The molecule has 0 saturated heterocycles. The Morgan fingerprint density at radius 1 is 1.47 bits per heavy atom. The summed E-state index contributed by atoms with van der Waals surface area (Å²) in [7, 11) is 0. The van der Waals surface area contributed by atoms with Gasteiger partial charge in [0.15, 0.2) is 0 Å². The fraction of sp³-hybridized carbons (Fsp3) is 0.571. The first-order valence-electron chi connectivity index (χ1n) is 6.01. The Hall–Kier alpha value is -1.06. The van der Waals surface area contributed by atoms with Crippen molar-refractivity contribution in [1.82, 2.24) is 5.32 Å². The quantitative estimate of drug-likeness (QED) is 0.584. The first-order chi connectivity index (χ1) is 8.01. The summed E-state index contributed by atoms with van der Waals surface area (Å²) in [5.74, 6) is 0.875. The molecule has 0 saturated carbocycles. The van der Waals surface area contributed by atoms with E-state index in [4.69, 9.17) is 9.15 Å². The molecular formula is C14H23NO2. The van der Waals surface area contributed by atoms with E-state index in [1.54, 1.807) is 6.26 Å². The summed E-state index contributed by atoms with van der Waals surface area (Å²) in [4.78, 5) is 0. The number of nitrogens with one attached hydrogen (secondary N) is 1.